The minimum Gasteiger partial charge on any atom is -0.387 e. The number of aliphatic hydroxyl groups excluding tert-OH is 1. The molecule has 2 aromatic rings. The van der Waals surface area contributed by atoms with E-state index in [9.17, 15) is 5.11 Å². The third-order valence-electron chi connectivity index (χ3n) is 3.18. The molecule has 0 heterocycles. The maximum Gasteiger partial charge on any atom is 0.166 e. The van der Waals surface area contributed by atoms with Crippen LogP contribution in [0, 0.1) is 0 Å². The lowest BCUT2D eigenvalue weighted by Crippen LogP contribution is -2.38. The lowest BCUT2D eigenvalue weighted by Gasteiger charge is -2.14. The van der Waals surface area contributed by atoms with Crippen LogP contribution < -0.4 is 10.6 Å². The zero-order valence-corrected chi connectivity index (χ0v) is 12.6. The molecule has 0 radical (unpaired) electrons. The Morgan fingerprint density at radius 1 is 0.952 bits per heavy atom. The molecule has 0 fully saturated rings. The summed E-state index contributed by atoms with van der Waals surface area (Å²) in [6.07, 6.45) is 0.365. The van der Waals surface area contributed by atoms with Crippen molar-refractivity contribution in [3.63, 3.8) is 0 Å². The molecule has 1 atom stereocenters. The highest BCUT2D eigenvalue weighted by Crippen LogP contribution is 2.10. The van der Waals surface area contributed by atoms with Gasteiger partial charge in [0.2, 0.25) is 0 Å². The monoisotopic (exact) mass is 300 g/mol. The van der Waals surface area contributed by atoms with E-state index in [2.05, 4.69) is 22.8 Å². The Morgan fingerprint density at radius 2 is 1.57 bits per heavy atom. The van der Waals surface area contributed by atoms with Gasteiger partial charge in [-0.05, 0) is 29.8 Å². The van der Waals surface area contributed by atoms with E-state index in [4.69, 9.17) is 12.2 Å². The van der Waals surface area contributed by atoms with Gasteiger partial charge in [-0.1, -0.05) is 60.7 Å². The first-order valence-corrected chi connectivity index (χ1v) is 7.45. The third-order valence-corrected chi connectivity index (χ3v) is 3.47. The summed E-state index contributed by atoms with van der Waals surface area (Å²) >= 11 is 5.20. The second-order valence-electron chi connectivity index (χ2n) is 4.80. The third kappa shape index (κ3) is 5.53. The number of rotatable bonds is 6. The number of hydrogen-bond acceptors (Lipinski definition) is 2. The van der Waals surface area contributed by atoms with Gasteiger partial charge in [0.15, 0.2) is 5.11 Å². The smallest absolute Gasteiger partial charge is 0.166 e. The minimum atomic E-state index is -0.555. The molecule has 110 valence electrons. The molecule has 2 rings (SSSR count). The van der Waals surface area contributed by atoms with Gasteiger partial charge in [-0.25, -0.2) is 0 Å². The number of nitrogens with one attached hydrogen (secondary N) is 2. The van der Waals surface area contributed by atoms with Crippen molar-refractivity contribution in [2.24, 2.45) is 0 Å². The molecule has 0 saturated carbocycles. The van der Waals surface area contributed by atoms with Gasteiger partial charge in [-0.15, -0.1) is 0 Å². The van der Waals surface area contributed by atoms with E-state index >= 15 is 0 Å². The predicted molar refractivity (Wildman–Crippen MR) is 90.2 cm³/mol. The Kier molecular flexibility index (Phi) is 6.19. The largest absolute Gasteiger partial charge is 0.387 e. The highest BCUT2D eigenvalue weighted by Gasteiger charge is 2.06. The predicted octanol–water partition coefficient (Wildman–Crippen LogP) is 2.43. The van der Waals surface area contributed by atoms with Crippen molar-refractivity contribution in [2.45, 2.75) is 12.5 Å². The fourth-order valence-electron chi connectivity index (χ4n) is 2.01. The van der Waals surface area contributed by atoms with Crippen molar-refractivity contribution in [1.82, 2.24) is 10.6 Å². The summed E-state index contributed by atoms with van der Waals surface area (Å²) in [4.78, 5) is 0. The van der Waals surface area contributed by atoms with E-state index < -0.39 is 6.10 Å². The van der Waals surface area contributed by atoms with E-state index in [1.807, 2.05) is 48.5 Å². The average molecular weight is 300 g/mol. The highest BCUT2D eigenvalue weighted by molar-refractivity contribution is 7.80. The Labute approximate surface area is 131 Å². The van der Waals surface area contributed by atoms with Crippen molar-refractivity contribution < 1.29 is 5.11 Å². The number of aliphatic hydroxyl groups is 1. The zero-order valence-electron chi connectivity index (χ0n) is 11.8. The summed E-state index contributed by atoms with van der Waals surface area (Å²) in [6.45, 7) is 1.18. The maximum atomic E-state index is 10.0. The molecule has 2 aromatic carbocycles. The van der Waals surface area contributed by atoms with E-state index in [-0.39, 0.29) is 0 Å². The number of benzene rings is 2. The van der Waals surface area contributed by atoms with Gasteiger partial charge >= 0.3 is 0 Å². The molecule has 3 nitrogen and oxygen atoms in total. The van der Waals surface area contributed by atoms with E-state index in [1.165, 1.54) is 5.56 Å². The second-order valence-corrected chi connectivity index (χ2v) is 5.21. The summed E-state index contributed by atoms with van der Waals surface area (Å²) in [5, 5.41) is 16.8. The topological polar surface area (TPSA) is 44.3 Å². The normalized spacial score (nSPS) is 11.7. The molecule has 0 aliphatic carbocycles. The van der Waals surface area contributed by atoms with Gasteiger partial charge < -0.3 is 15.7 Å². The van der Waals surface area contributed by atoms with E-state index in [0.29, 0.717) is 11.7 Å². The van der Waals surface area contributed by atoms with Crippen LogP contribution in [0.1, 0.15) is 17.2 Å². The van der Waals surface area contributed by atoms with Gasteiger partial charge in [-0.3, -0.25) is 0 Å². The zero-order chi connectivity index (χ0) is 14.9. The van der Waals surface area contributed by atoms with Crippen molar-refractivity contribution in [1.29, 1.82) is 0 Å². The lowest BCUT2D eigenvalue weighted by molar-refractivity contribution is 0.181. The van der Waals surface area contributed by atoms with Crippen molar-refractivity contribution in [2.75, 3.05) is 13.1 Å². The number of hydrogen-bond donors (Lipinski definition) is 3. The fourth-order valence-corrected chi connectivity index (χ4v) is 2.20. The van der Waals surface area contributed by atoms with Crippen molar-refractivity contribution in [3.05, 3.63) is 71.8 Å². The average Bonchev–Trinajstić information content (AvgIpc) is 2.54. The van der Waals surface area contributed by atoms with Crippen LogP contribution in [0.4, 0.5) is 0 Å². The molecule has 3 N–H and O–H groups in total. The molecule has 0 bridgehead atoms. The summed E-state index contributed by atoms with van der Waals surface area (Å²) < 4.78 is 0. The van der Waals surface area contributed by atoms with Crippen LogP contribution in [0.5, 0.6) is 0 Å². The van der Waals surface area contributed by atoms with Gasteiger partial charge in [0, 0.05) is 13.1 Å². The van der Waals surface area contributed by atoms with Crippen LogP contribution in [-0.2, 0) is 6.42 Å². The second kappa shape index (κ2) is 8.39. The molecule has 0 aromatic heterocycles. The van der Waals surface area contributed by atoms with Crippen LogP contribution in [-0.4, -0.2) is 23.3 Å². The molecule has 0 amide bonds. The minimum absolute atomic E-state index is 0.404. The molecular formula is C17H20N2OS. The van der Waals surface area contributed by atoms with Crippen LogP contribution in [0.25, 0.3) is 0 Å². The molecule has 0 aliphatic rings. The molecule has 0 unspecified atom stereocenters. The highest BCUT2D eigenvalue weighted by atomic mass is 32.1. The van der Waals surface area contributed by atoms with E-state index in [0.717, 1.165) is 18.5 Å². The SMILES string of the molecule is O[C@H](CNC(=S)NCCc1ccccc1)c1ccccc1. The van der Waals surface area contributed by atoms with Crippen molar-refractivity contribution >= 4 is 17.3 Å². The molecule has 0 saturated heterocycles. The lowest BCUT2D eigenvalue weighted by atomic mass is 10.1. The molecule has 21 heavy (non-hydrogen) atoms. The first kappa shape index (κ1) is 15.5. The first-order valence-electron chi connectivity index (χ1n) is 7.04. The standard InChI is InChI=1S/C17H20N2OS/c20-16(15-9-5-2-6-10-15)13-19-17(21)18-12-11-14-7-3-1-4-8-14/h1-10,16,20H,11-13H2,(H2,18,19,21)/t16-/m1/s1. The van der Waals surface area contributed by atoms with Crippen LogP contribution in [0.2, 0.25) is 0 Å². The van der Waals surface area contributed by atoms with Gasteiger partial charge in [0.05, 0.1) is 6.10 Å². The summed E-state index contributed by atoms with van der Waals surface area (Å²) in [7, 11) is 0. The summed E-state index contributed by atoms with van der Waals surface area (Å²) in [5.74, 6) is 0. The molecule has 0 aliphatic heterocycles. The van der Waals surface area contributed by atoms with Crippen LogP contribution in [0.15, 0.2) is 60.7 Å². The van der Waals surface area contributed by atoms with Gasteiger partial charge in [0.1, 0.15) is 0 Å². The Hall–Kier alpha value is -1.91. The quantitative estimate of drug-likeness (QED) is 0.717. The Balaban J connectivity index is 1.66. The van der Waals surface area contributed by atoms with Gasteiger partial charge in [-0.2, -0.15) is 0 Å². The van der Waals surface area contributed by atoms with Crippen molar-refractivity contribution in [3.8, 4) is 0 Å². The first-order chi connectivity index (χ1) is 10.3. The Morgan fingerprint density at radius 3 is 2.24 bits per heavy atom. The summed E-state index contributed by atoms with van der Waals surface area (Å²) in [5.41, 5.74) is 2.16. The number of thiocarbonyl (C=S) groups is 1. The summed E-state index contributed by atoms with van der Waals surface area (Å²) in [6, 6.07) is 19.8. The van der Waals surface area contributed by atoms with Crippen LogP contribution in [0.3, 0.4) is 0 Å². The fraction of sp³-hybridized carbons (Fsp3) is 0.235. The van der Waals surface area contributed by atoms with Crippen LogP contribution >= 0.6 is 12.2 Å². The Bertz CT molecular complexity index is 545. The van der Waals surface area contributed by atoms with E-state index in [1.54, 1.807) is 0 Å². The molecule has 0 spiro atoms. The molecular weight excluding hydrogens is 280 g/mol. The maximum absolute atomic E-state index is 10.0. The van der Waals surface area contributed by atoms with Gasteiger partial charge in [0.25, 0.3) is 0 Å². The molecule has 4 heteroatoms.